The normalized spacial score (nSPS) is 16.3. The Labute approximate surface area is 113 Å². The zero-order valence-corrected chi connectivity index (χ0v) is 11.3. The molecular weight excluding hydrogens is 237 g/mol. The Morgan fingerprint density at radius 3 is 2.63 bits per heavy atom. The van der Waals surface area contributed by atoms with Crippen LogP contribution in [0.4, 0.5) is 4.39 Å². The molecular formula is C17H18FN. The summed E-state index contributed by atoms with van der Waals surface area (Å²) in [6.07, 6.45) is 0.868. The predicted molar refractivity (Wildman–Crippen MR) is 76.8 cm³/mol. The molecule has 2 N–H and O–H groups in total. The summed E-state index contributed by atoms with van der Waals surface area (Å²) in [5, 5.41) is 0. The molecule has 1 atom stereocenters. The van der Waals surface area contributed by atoms with Crippen molar-refractivity contribution in [2.45, 2.75) is 26.2 Å². The second-order valence-electron chi connectivity index (χ2n) is 5.40. The van der Waals surface area contributed by atoms with Gasteiger partial charge in [-0.05, 0) is 66.8 Å². The van der Waals surface area contributed by atoms with Crippen LogP contribution in [0.25, 0.3) is 11.1 Å². The van der Waals surface area contributed by atoms with Gasteiger partial charge in [-0.1, -0.05) is 23.8 Å². The van der Waals surface area contributed by atoms with E-state index in [2.05, 4.69) is 26.0 Å². The highest BCUT2D eigenvalue weighted by molar-refractivity contribution is 5.80. The summed E-state index contributed by atoms with van der Waals surface area (Å²) >= 11 is 0. The average Bonchev–Trinajstić information content (AvgIpc) is 2.64. The first kappa shape index (κ1) is 12.4. The lowest BCUT2D eigenvalue weighted by atomic mass is 9.90. The molecule has 0 bridgehead atoms. The van der Waals surface area contributed by atoms with Crippen LogP contribution in [0.15, 0.2) is 30.3 Å². The summed E-state index contributed by atoms with van der Waals surface area (Å²) in [7, 11) is 0. The highest BCUT2D eigenvalue weighted by atomic mass is 19.1. The van der Waals surface area contributed by atoms with E-state index in [1.165, 1.54) is 27.8 Å². The lowest BCUT2D eigenvalue weighted by Gasteiger charge is -2.15. The van der Waals surface area contributed by atoms with Gasteiger partial charge < -0.3 is 5.73 Å². The first-order valence-electron chi connectivity index (χ1n) is 6.73. The van der Waals surface area contributed by atoms with E-state index in [1.807, 2.05) is 6.07 Å². The molecule has 1 aliphatic rings. The molecule has 3 rings (SSSR count). The van der Waals surface area contributed by atoms with Crippen molar-refractivity contribution in [2.75, 3.05) is 6.54 Å². The van der Waals surface area contributed by atoms with Crippen molar-refractivity contribution in [1.29, 1.82) is 0 Å². The first-order valence-corrected chi connectivity index (χ1v) is 6.73. The molecule has 1 nitrogen and oxygen atoms in total. The lowest BCUT2D eigenvalue weighted by molar-refractivity contribution is 0.622. The average molecular weight is 255 g/mol. The topological polar surface area (TPSA) is 26.0 Å². The number of hydrogen-bond acceptors (Lipinski definition) is 1. The van der Waals surface area contributed by atoms with E-state index >= 15 is 0 Å². The number of aryl methyl sites for hydroxylation is 2. The molecule has 2 aromatic rings. The van der Waals surface area contributed by atoms with E-state index in [1.54, 1.807) is 12.1 Å². The van der Waals surface area contributed by atoms with Crippen LogP contribution in [0.5, 0.6) is 0 Å². The smallest absolute Gasteiger partial charge is 0.123 e. The molecule has 0 spiro atoms. The largest absolute Gasteiger partial charge is 0.330 e. The Hall–Kier alpha value is -1.67. The third-order valence-corrected chi connectivity index (χ3v) is 4.01. The standard InChI is InChI=1S/C17H18FN/c1-10-7-11(2)17-14(5-6-19)15-9-12(18)3-4-13(15)16(17)8-10/h3-4,7-9,14H,5-6,19H2,1-2H3. The molecule has 0 heterocycles. The van der Waals surface area contributed by atoms with E-state index in [0.29, 0.717) is 6.54 Å². The summed E-state index contributed by atoms with van der Waals surface area (Å²) in [4.78, 5) is 0. The predicted octanol–water partition coefficient (Wildman–Crippen LogP) is 3.90. The zero-order chi connectivity index (χ0) is 13.6. The molecule has 19 heavy (non-hydrogen) atoms. The minimum absolute atomic E-state index is 0.164. The molecule has 2 heteroatoms. The Morgan fingerprint density at radius 2 is 1.89 bits per heavy atom. The second kappa shape index (κ2) is 4.46. The Balaban J connectivity index is 2.28. The van der Waals surface area contributed by atoms with Crippen molar-refractivity contribution in [1.82, 2.24) is 0 Å². The van der Waals surface area contributed by atoms with Gasteiger partial charge in [0.2, 0.25) is 0 Å². The number of hydrogen-bond donors (Lipinski definition) is 1. The van der Waals surface area contributed by atoms with Gasteiger partial charge in [-0.25, -0.2) is 4.39 Å². The van der Waals surface area contributed by atoms with Gasteiger partial charge in [-0.2, -0.15) is 0 Å². The summed E-state index contributed by atoms with van der Waals surface area (Å²) in [6, 6.07) is 9.52. The van der Waals surface area contributed by atoms with Gasteiger partial charge in [-0.3, -0.25) is 0 Å². The number of rotatable bonds is 2. The fourth-order valence-electron chi connectivity index (χ4n) is 3.35. The fraction of sp³-hybridized carbons (Fsp3) is 0.294. The third-order valence-electron chi connectivity index (χ3n) is 4.01. The van der Waals surface area contributed by atoms with Crippen LogP contribution in [0, 0.1) is 19.7 Å². The van der Waals surface area contributed by atoms with Crippen molar-refractivity contribution in [2.24, 2.45) is 5.73 Å². The maximum Gasteiger partial charge on any atom is 0.123 e. The molecule has 0 saturated carbocycles. The van der Waals surface area contributed by atoms with Crippen LogP contribution in [-0.4, -0.2) is 6.54 Å². The van der Waals surface area contributed by atoms with Crippen molar-refractivity contribution < 1.29 is 4.39 Å². The monoisotopic (exact) mass is 255 g/mol. The van der Waals surface area contributed by atoms with Crippen LogP contribution in [0.1, 0.15) is 34.6 Å². The lowest BCUT2D eigenvalue weighted by Crippen LogP contribution is -2.07. The maximum absolute atomic E-state index is 13.5. The Morgan fingerprint density at radius 1 is 1.11 bits per heavy atom. The number of nitrogens with two attached hydrogens (primary N) is 1. The number of benzene rings is 2. The molecule has 0 radical (unpaired) electrons. The van der Waals surface area contributed by atoms with Crippen LogP contribution in [0.2, 0.25) is 0 Å². The molecule has 0 fully saturated rings. The number of fused-ring (bicyclic) bond motifs is 3. The van der Waals surface area contributed by atoms with Crippen LogP contribution < -0.4 is 5.73 Å². The van der Waals surface area contributed by atoms with Gasteiger partial charge in [0, 0.05) is 5.92 Å². The quantitative estimate of drug-likeness (QED) is 0.865. The van der Waals surface area contributed by atoms with Gasteiger partial charge in [0.25, 0.3) is 0 Å². The molecule has 0 aromatic heterocycles. The molecule has 0 aliphatic heterocycles. The first-order chi connectivity index (χ1) is 9.11. The van der Waals surface area contributed by atoms with E-state index < -0.39 is 0 Å². The highest BCUT2D eigenvalue weighted by Gasteiger charge is 2.29. The summed E-state index contributed by atoms with van der Waals surface area (Å²) in [6.45, 7) is 4.86. The summed E-state index contributed by atoms with van der Waals surface area (Å²) < 4.78 is 13.5. The molecule has 98 valence electrons. The highest BCUT2D eigenvalue weighted by Crippen LogP contribution is 2.48. The minimum Gasteiger partial charge on any atom is -0.330 e. The van der Waals surface area contributed by atoms with Gasteiger partial charge in [0.15, 0.2) is 0 Å². The molecule has 1 unspecified atom stereocenters. The molecule has 2 aromatic carbocycles. The zero-order valence-electron chi connectivity index (χ0n) is 11.3. The fourth-order valence-corrected chi connectivity index (χ4v) is 3.35. The Bertz CT molecular complexity index is 646. The second-order valence-corrected chi connectivity index (χ2v) is 5.40. The van der Waals surface area contributed by atoms with Crippen LogP contribution in [-0.2, 0) is 0 Å². The van der Waals surface area contributed by atoms with Crippen molar-refractivity contribution in [3.63, 3.8) is 0 Å². The van der Waals surface area contributed by atoms with E-state index in [4.69, 9.17) is 5.73 Å². The van der Waals surface area contributed by atoms with Gasteiger partial charge in [-0.15, -0.1) is 0 Å². The van der Waals surface area contributed by atoms with E-state index in [-0.39, 0.29) is 11.7 Å². The SMILES string of the molecule is Cc1cc(C)c2c(c1)-c1ccc(F)cc1C2CCN. The summed E-state index contributed by atoms with van der Waals surface area (Å²) in [5.74, 6) is 0.0780. The molecule has 1 aliphatic carbocycles. The van der Waals surface area contributed by atoms with Gasteiger partial charge >= 0.3 is 0 Å². The van der Waals surface area contributed by atoms with E-state index in [0.717, 1.165) is 12.0 Å². The molecule has 0 saturated heterocycles. The van der Waals surface area contributed by atoms with Gasteiger partial charge in [0.1, 0.15) is 5.82 Å². The van der Waals surface area contributed by atoms with Crippen molar-refractivity contribution in [3.05, 3.63) is 58.4 Å². The van der Waals surface area contributed by atoms with E-state index in [9.17, 15) is 4.39 Å². The van der Waals surface area contributed by atoms with Crippen LogP contribution in [0.3, 0.4) is 0 Å². The Kier molecular flexibility index (Phi) is 2.90. The van der Waals surface area contributed by atoms with Crippen molar-refractivity contribution in [3.8, 4) is 11.1 Å². The maximum atomic E-state index is 13.5. The van der Waals surface area contributed by atoms with Gasteiger partial charge in [0.05, 0.1) is 0 Å². The third kappa shape index (κ3) is 1.87. The molecule has 0 amide bonds. The minimum atomic E-state index is -0.164. The van der Waals surface area contributed by atoms with Crippen molar-refractivity contribution >= 4 is 0 Å². The number of halogens is 1. The summed E-state index contributed by atoms with van der Waals surface area (Å²) in [5.41, 5.74) is 13.1. The van der Waals surface area contributed by atoms with Crippen LogP contribution >= 0.6 is 0 Å².